The number of phenolic OH excluding ortho intramolecular Hbond substituents is 1. The van der Waals surface area contributed by atoms with Crippen LogP contribution in [0.5, 0.6) is 11.5 Å². The number of likely N-dealkylation sites (N-methyl/N-ethyl adjacent to an activating group) is 1. The van der Waals surface area contributed by atoms with E-state index in [-0.39, 0.29) is 41.0 Å². The monoisotopic (exact) mass is 592 g/mol. The molecule has 0 aromatic heterocycles. The van der Waals surface area contributed by atoms with E-state index < -0.39 is 0 Å². The summed E-state index contributed by atoms with van der Waals surface area (Å²) in [6, 6.07) is 2.19. The van der Waals surface area contributed by atoms with Gasteiger partial charge < -0.3 is 15.2 Å². The van der Waals surface area contributed by atoms with Crippen molar-refractivity contribution in [2.45, 2.75) is 69.1 Å². The summed E-state index contributed by atoms with van der Waals surface area (Å²) >= 11 is 2.60. The molecular weight excluding hydrogens is 561 g/mol. The maximum Gasteiger partial charge on any atom is 0.253 e. The summed E-state index contributed by atoms with van der Waals surface area (Å²) in [6.45, 7) is 2.94. The SMILES string of the molecule is CC(=O)N[C@H]1CCC2[C@H]3Cc4c(CCCN5C(=O)C=CC5=O)cc(O)c5c4[C@@]2(CC[N+]3(C)I)[C@H]1O5. The molecule has 3 amide bonds. The summed E-state index contributed by atoms with van der Waals surface area (Å²) in [4.78, 5) is 37.2. The van der Waals surface area contributed by atoms with E-state index >= 15 is 0 Å². The van der Waals surface area contributed by atoms with Crippen LogP contribution >= 0.6 is 22.9 Å². The number of hydrogen-bond donors (Lipinski definition) is 2. The molecule has 6 atom stereocenters. The molecule has 1 aromatic carbocycles. The number of carbonyl (C=O) groups excluding carboxylic acids is 3. The van der Waals surface area contributed by atoms with Crippen LogP contribution in [0.1, 0.15) is 49.3 Å². The minimum absolute atomic E-state index is 0.0484. The van der Waals surface area contributed by atoms with Gasteiger partial charge in [0.25, 0.3) is 11.8 Å². The molecule has 2 fully saturated rings. The smallest absolute Gasteiger partial charge is 0.253 e. The molecule has 1 saturated heterocycles. The zero-order valence-corrected chi connectivity index (χ0v) is 22.2. The molecule has 9 heteroatoms. The number of rotatable bonds is 5. The Labute approximate surface area is 218 Å². The number of nitrogens with one attached hydrogen (secondary N) is 1. The van der Waals surface area contributed by atoms with E-state index in [0.29, 0.717) is 37.1 Å². The molecule has 35 heavy (non-hydrogen) atoms. The lowest BCUT2D eigenvalue weighted by Crippen LogP contribution is -2.70. The lowest BCUT2D eigenvalue weighted by molar-refractivity contribution is -0.778. The number of carbonyl (C=O) groups is 3. The van der Waals surface area contributed by atoms with Crippen molar-refractivity contribution < 1.29 is 26.9 Å². The zero-order valence-electron chi connectivity index (χ0n) is 20.1. The number of aryl methyl sites for hydroxylation is 1. The molecule has 1 aromatic rings. The van der Waals surface area contributed by atoms with Gasteiger partial charge in [0.05, 0.1) is 25.0 Å². The first-order chi connectivity index (χ1) is 16.6. The third-order valence-electron chi connectivity index (χ3n) is 9.14. The number of aromatic hydroxyl groups is 1. The Balaban J connectivity index is 1.39. The number of imide groups is 1. The third-order valence-corrected chi connectivity index (χ3v) is 10.3. The first-order valence-electron chi connectivity index (χ1n) is 12.5. The molecule has 2 N–H and O–H groups in total. The Morgan fingerprint density at radius 3 is 2.77 bits per heavy atom. The topological polar surface area (TPSA) is 95.9 Å². The van der Waals surface area contributed by atoms with E-state index in [0.717, 1.165) is 40.5 Å². The number of piperidine rings is 1. The molecule has 3 heterocycles. The normalized spacial score (nSPS) is 36.3. The Hall–Kier alpha value is -2.14. The Morgan fingerprint density at radius 2 is 2.06 bits per heavy atom. The highest BCUT2D eigenvalue weighted by Crippen LogP contribution is 2.65. The van der Waals surface area contributed by atoms with Crippen molar-refractivity contribution in [2.24, 2.45) is 5.92 Å². The molecule has 1 spiro atoms. The second-order valence-corrected chi connectivity index (χ2v) is 13.2. The van der Waals surface area contributed by atoms with E-state index in [9.17, 15) is 19.5 Å². The summed E-state index contributed by atoms with van der Waals surface area (Å²) in [7, 11) is 2.31. The van der Waals surface area contributed by atoms with Gasteiger partial charge in [-0.05, 0) is 42.9 Å². The van der Waals surface area contributed by atoms with Crippen LogP contribution in [0, 0.1) is 5.92 Å². The number of phenols is 1. The minimum Gasteiger partial charge on any atom is -0.504 e. The highest BCUT2D eigenvalue weighted by atomic mass is 127. The van der Waals surface area contributed by atoms with Crippen molar-refractivity contribution in [3.63, 3.8) is 0 Å². The van der Waals surface area contributed by atoms with Crippen LogP contribution in [0.4, 0.5) is 0 Å². The molecule has 186 valence electrons. The summed E-state index contributed by atoms with van der Waals surface area (Å²) in [5, 5.41) is 14.3. The molecule has 2 bridgehead atoms. The molecular formula is C26H31IN3O5+. The van der Waals surface area contributed by atoms with Crippen molar-refractivity contribution in [1.82, 2.24) is 10.2 Å². The molecule has 2 aliphatic carbocycles. The predicted molar refractivity (Wildman–Crippen MR) is 136 cm³/mol. The highest BCUT2D eigenvalue weighted by molar-refractivity contribution is 14.1. The van der Waals surface area contributed by atoms with Crippen LogP contribution in [0.3, 0.4) is 0 Å². The zero-order chi connectivity index (χ0) is 24.7. The van der Waals surface area contributed by atoms with Crippen LogP contribution in [0.2, 0.25) is 0 Å². The Bertz CT molecular complexity index is 1160. The number of nitrogens with zero attached hydrogens (tertiary/aromatic N) is 2. The van der Waals surface area contributed by atoms with E-state index in [1.54, 1.807) is 6.92 Å². The van der Waals surface area contributed by atoms with Gasteiger partial charge in [-0.3, -0.25) is 22.0 Å². The first-order valence-corrected chi connectivity index (χ1v) is 13.5. The van der Waals surface area contributed by atoms with Gasteiger partial charge in [0.15, 0.2) is 11.5 Å². The van der Waals surface area contributed by atoms with Gasteiger partial charge in [-0.2, -0.15) is 0 Å². The minimum atomic E-state index is -0.259. The van der Waals surface area contributed by atoms with Gasteiger partial charge in [-0.25, -0.2) is 0 Å². The fraction of sp³-hybridized carbons (Fsp3) is 0.577. The number of ether oxygens (including phenoxy) is 1. The van der Waals surface area contributed by atoms with E-state index in [4.69, 9.17) is 4.74 Å². The number of benzene rings is 1. The van der Waals surface area contributed by atoms with Crippen LogP contribution in [-0.2, 0) is 32.6 Å². The van der Waals surface area contributed by atoms with Crippen molar-refractivity contribution >= 4 is 40.6 Å². The molecule has 1 saturated carbocycles. The highest BCUT2D eigenvalue weighted by Gasteiger charge is 2.69. The van der Waals surface area contributed by atoms with Crippen molar-refractivity contribution in [2.75, 3.05) is 20.1 Å². The first kappa shape index (κ1) is 23.3. The number of hydrogen-bond acceptors (Lipinski definition) is 5. The Kier molecular flexibility index (Phi) is 5.27. The van der Waals surface area contributed by atoms with Crippen molar-refractivity contribution in [3.8, 4) is 11.5 Å². The van der Waals surface area contributed by atoms with Crippen molar-refractivity contribution in [3.05, 3.63) is 34.9 Å². The van der Waals surface area contributed by atoms with E-state index in [1.807, 2.05) is 6.07 Å². The van der Waals surface area contributed by atoms with E-state index in [2.05, 4.69) is 35.2 Å². The van der Waals surface area contributed by atoms with Crippen LogP contribution < -0.4 is 10.1 Å². The number of likely N-dealkylation sites (tertiary alicyclic amines) is 1. The van der Waals surface area contributed by atoms with Gasteiger partial charge in [-0.15, -0.1) is 0 Å². The molecule has 8 nitrogen and oxygen atoms in total. The number of amides is 3. The second kappa shape index (κ2) is 7.93. The quantitative estimate of drug-likeness (QED) is 0.311. The molecule has 0 radical (unpaired) electrons. The van der Waals surface area contributed by atoms with Gasteiger partial charge in [0.1, 0.15) is 12.1 Å². The van der Waals surface area contributed by atoms with Gasteiger partial charge in [0, 0.05) is 49.9 Å². The molecule has 2 unspecified atom stereocenters. The summed E-state index contributed by atoms with van der Waals surface area (Å²) in [6.07, 6.45) is 7.57. The van der Waals surface area contributed by atoms with Crippen LogP contribution in [0.25, 0.3) is 0 Å². The largest absolute Gasteiger partial charge is 0.504 e. The fourth-order valence-corrected chi connectivity index (χ4v) is 8.58. The van der Waals surface area contributed by atoms with Gasteiger partial charge >= 0.3 is 0 Å². The standard InChI is InChI=1S/C26H30IN3O5/c1-14(31)28-18-6-5-17-19-13-16-15(4-3-10-29-21(33)7-8-22(29)34)12-20(32)24-23(16)26(17,25(18)35-24)9-11-30(19,2)27/h7-8,12,17-19,25H,3-6,9-11,13H2,1-2H3,(H-,28,31,32)/p+1/t17?,18-,19+,25-,26-,30?/m0/s1. The van der Waals surface area contributed by atoms with Crippen LogP contribution in [-0.4, -0.2) is 68.7 Å². The summed E-state index contributed by atoms with van der Waals surface area (Å²) in [5.74, 6) is 0.631. The average Bonchev–Trinajstić information content (AvgIpc) is 3.31. The molecule has 6 rings (SSSR count). The lowest BCUT2D eigenvalue weighted by atomic mass is 9.50. The van der Waals surface area contributed by atoms with E-state index in [1.165, 1.54) is 28.2 Å². The third kappa shape index (κ3) is 3.29. The van der Waals surface area contributed by atoms with Crippen molar-refractivity contribution in [1.29, 1.82) is 0 Å². The molecule has 3 aliphatic heterocycles. The summed E-state index contributed by atoms with van der Waals surface area (Å²) in [5.41, 5.74) is 3.31. The Morgan fingerprint density at radius 1 is 1.31 bits per heavy atom. The number of quaternary nitrogens is 1. The van der Waals surface area contributed by atoms with Gasteiger partial charge in [0.2, 0.25) is 28.8 Å². The maximum absolute atomic E-state index is 12.0. The summed E-state index contributed by atoms with van der Waals surface area (Å²) < 4.78 is 7.51. The maximum atomic E-state index is 12.0. The lowest BCUT2D eigenvalue weighted by Gasteiger charge is -2.59. The second-order valence-electron chi connectivity index (χ2n) is 11.0. The predicted octanol–water partition coefficient (Wildman–Crippen LogP) is 2.29. The fourth-order valence-electron chi connectivity index (χ4n) is 7.75. The van der Waals surface area contributed by atoms with Gasteiger partial charge in [-0.1, -0.05) is 0 Å². The number of halogens is 1. The average molecular weight is 592 g/mol. The van der Waals surface area contributed by atoms with Crippen LogP contribution in [0.15, 0.2) is 18.2 Å². The molecule has 5 aliphatic rings.